The molecule has 0 spiro atoms. The van der Waals surface area contributed by atoms with Crippen molar-refractivity contribution in [2.75, 3.05) is 13.7 Å². The van der Waals surface area contributed by atoms with Crippen molar-refractivity contribution in [1.29, 1.82) is 0 Å². The molecular weight excluding hydrogens is 292 g/mol. The molecule has 5 nitrogen and oxygen atoms in total. The fourth-order valence-corrected chi connectivity index (χ4v) is 4.30. The van der Waals surface area contributed by atoms with Gasteiger partial charge in [-0.25, -0.2) is 0 Å². The Morgan fingerprint density at radius 1 is 1.52 bits per heavy atom. The number of rotatable bonds is 4. The quantitative estimate of drug-likeness (QED) is 0.854. The fraction of sp³-hybridized carbons (Fsp3) is 0.778. The van der Waals surface area contributed by atoms with Gasteiger partial charge in [0.15, 0.2) is 0 Å². The van der Waals surface area contributed by atoms with Crippen LogP contribution in [0.4, 0.5) is 0 Å². The van der Waals surface area contributed by atoms with Gasteiger partial charge in [-0.1, -0.05) is 25.9 Å². The number of nitrogens with zero attached hydrogens (tertiary/aromatic N) is 2. The summed E-state index contributed by atoms with van der Waals surface area (Å²) in [6.07, 6.45) is 5.27. The lowest BCUT2D eigenvalue weighted by atomic mass is 9.71. The number of fused-ring (bicyclic) bond motifs is 1. The Hall–Kier alpha value is -1.36. The van der Waals surface area contributed by atoms with Crippen LogP contribution in [0.15, 0.2) is 10.6 Å². The van der Waals surface area contributed by atoms with Crippen molar-refractivity contribution in [3.05, 3.63) is 17.5 Å². The van der Waals surface area contributed by atoms with E-state index in [9.17, 15) is 4.79 Å². The summed E-state index contributed by atoms with van der Waals surface area (Å²) >= 11 is 0. The zero-order chi connectivity index (χ0) is 16.6. The minimum Gasteiger partial charge on any atom is -0.381 e. The Bertz CT molecular complexity index is 568. The van der Waals surface area contributed by atoms with Gasteiger partial charge in [-0.3, -0.25) is 4.79 Å². The van der Waals surface area contributed by atoms with Crippen molar-refractivity contribution in [2.24, 2.45) is 11.3 Å². The molecule has 2 heterocycles. The number of likely N-dealkylation sites (tertiary alicyclic amines) is 1. The Morgan fingerprint density at radius 2 is 2.30 bits per heavy atom. The molecule has 0 radical (unpaired) electrons. The normalized spacial score (nSPS) is 30.7. The monoisotopic (exact) mass is 320 g/mol. The maximum Gasteiger partial charge on any atom is 0.292 e. The van der Waals surface area contributed by atoms with Crippen molar-refractivity contribution >= 4 is 5.91 Å². The van der Waals surface area contributed by atoms with Gasteiger partial charge in [0.25, 0.3) is 5.91 Å². The van der Waals surface area contributed by atoms with Crippen LogP contribution >= 0.6 is 0 Å². The lowest BCUT2D eigenvalue weighted by molar-refractivity contribution is -0.00345. The number of amides is 1. The van der Waals surface area contributed by atoms with E-state index in [0.29, 0.717) is 23.8 Å². The number of aromatic nitrogens is 1. The third kappa shape index (κ3) is 3.16. The maximum absolute atomic E-state index is 12.9. The number of hydrogen-bond donors (Lipinski definition) is 0. The predicted molar refractivity (Wildman–Crippen MR) is 87.2 cm³/mol. The smallest absolute Gasteiger partial charge is 0.292 e. The van der Waals surface area contributed by atoms with Gasteiger partial charge in [0.1, 0.15) is 0 Å². The van der Waals surface area contributed by atoms with E-state index in [-0.39, 0.29) is 11.3 Å². The molecule has 3 rings (SSSR count). The first-order valence-corrected chi connectivity index (χ1v) is 8.72. The van der Waals surface area contributed by atoms with Crippen molar-refractivity contribution in [1.82, 2.24) is 10.1 Å². The number of carbonyl (C=O) groups is 1. The van der Waals surface area contributed by atoms with Crippen molar-refractivity contribution in [3.63, 3.8) is 0 Å². The van der Waals surface area contributed by atoms with Gasteiger partial charge in [-0.2, -0.15) is 0 Å². The van der Waals surface area contributed by atoms with Crippen LogP contribution in [0.2, 0.25) is 0 Å². The van der Waals surface area contributed by atoms with Gasteiger partial charge in [0.05, 0.1) is 11.8 Å². The van der Waals surface area contributed by atoms with E-state index in [2.05, 4.69) is 25.9 Å². The highest BCUT2D eigenvalue weighted by molar-refractivity contribution is 5.92. The summed E-state index contributed by atoms with van der Waals surface area (Å²) in [5.41, 5.74) is 1.03. The molecule has 2 fully saturated rings. The Balaban J connectivity index is 1.72. The van der Waals surface area contributed by atoms with Gasteiger partial charge in [0.2, 0.25) is 5.76 Å². The number of ether oxygens (including phenoxy) is 1. The molecule has 2 aliphatic rings. The lowest BCUT2D eigenvalue weighted by Crippen LogP contribution is -2.46. The van der Waals surface area contributed by atoms with Gasteiger partial charge in [0, 0.05) is 25.8 Å². The second kappa shape index (κ2) is 6.27. The highest BCUT2D eigenvalue weighted by Crippen LogP contribution is 2.47. The van der Waals surface area contributed by atoms with E-state index in [4.69, 9.17) is 9.26 Å². The molecule has 1 saturated carbocycles. The first-order chi connectivity index (χ1) is 10.9. The third-order valence-corrected chi connectivity index (χ3v) is 5.54. The first kappa shape index (κ1) is 16.5. The van der Waals surface area contributed by atoms with Crippen LogP contribution in [-0.4, -0.2) is 41.8 Å². The second-order valence-electron chi connectivity index (χ2n) is 7.84. The Kier molecular flexibility index (Phi) is 4.50. The molecule has 128 valence electrons. The minimum atomic E-state index is -0.00269. The molecule has 1 amide bonds. The largest absolute Gasteiger partial charge is 0.381 e. The summed E-state index contributed by atoms with van der Waals surface area (Å²) in [6.45, 7) is 7.37. The average molecular weight is 320 g/mol. The number of carbonyl (C=O) groups excluding carboxylic acids is 1. The molecule has 1 aliphatic carbocycles. The van der Waals surface area contributed by atoms with Crippen LogP contribution in [0.5, 0.6) is 0 Å². The first-order valence-electron chi connectivity index (χ1n) is 8.72. The van der Waals surface area contributed by atoms with Crippen LogP contribution in [-0.2, 0) is 11.2 Å². The average Bonchev–Trinajstić information content (AvgIpc) is 3.09. The van der Waals surface area contributed by atoms with Crippen LogP contribution in [0, 0.1) is 11.3 Å². The lowest BCUT2D eigenvalue weighted by Gasteiger charge is -2.42. The van der Waals surface area contributed by atoms with Gasteiger partial charge < -0.3 is 14.2 Å². The van der Waals surface area contributed by atoms with E-state index in [1.165, 1.54) is 0 Å². The molecule has 0 unspecified atom stereocenters. The molecular formula is C18H28N2O3. The van der Waals surface area contributed by atoms with E-state index in [1.807, 2.05) is 11.0 Å². The minimum absolute atomic E-state index is 0.00269. The van der Waals surface area contributed by atoms with Gasteiger partial charge >= 0.3 is 0 Å². The van der Waals surface area contributed by atoms with Crippen LogP contribution < -0.4 is 0 Å². The van der Waals surface area contributed by atoms with Gasteiger partial charge in [-0.15, -0.1) is 0 Å². The molecule has 0 bridgehead atoms. The van der Waals surface area contributed by atoms with E-state index >= 15 is 0 Å². The molecule has 23 heavy (non-hydrogen) atoms. The van der Waals surface area contributed by atoms with Crippen molar-refractivity contribution < 1.29 is 14.1 Å². The zero-order valence-corrected chi connectivity index (χ0v) is 14.7. The summed E-state index contributed by atoms with van der Waals surface area (Å²) in [6, 6.07) is 2.11. The summed E-state index contributed by atoms with van der Waals surface area (Å²) in [7, 11) is 1.79. The zero-order valence-electron chi connectivity index (χ0n) is 14.7. The molecule has 3 atom stereocenters. The second-order valence-corrected chi connectivity index (χ2v) is 7.84. The van der Waals surface area contributed by atoms with Crippen molar-refractivity contribution in [2.45, 2.75) is 65.0 Å². The van der Waals surface area contributed by atoms with E-state index < -0.39 is 0 Å². The van der Waals surface area contributed by atoms with Gasteiger partial charge in [-0.05, 0) is 43.4 Å². The van der Waals surface area contributed by atoms with E-state index in [0.717, 1.165) is 44.3 Å². The highest BCUT2D eigenvalue weighted by atomic mass is 16.5. The predicted octanol–water partition coefficient (Wildman–Crippen LogP) is 3.29. The molecule has 0 N–H and O–H groups in total. The third-order valence-electron chi connectivity index (χ3n) is 5.54. The summed E-state index contributed by atoms with van der Waals surface area (Å²) < 4.78 is 10.9. The Labute approximate surface area is 138 Å². The Morgan fingerprint density at radius 3 is 3.00 bits per heavy atom. The fourth-order valence-electron chi connectivity index (χ4n) is 4.30. The summed E-state index contributed by atoms with van der Waals surface area (Å²) in [5.74, 6) is 0.887. The van der Waals surface area contributed by atoms with E-state index in [1.54, 1.807) is 7.11 Å². The summed E-state index contributed by atoms with van der Waals surface area (Å²) in [5, 5.41) is 4.05. The van der Waals surface area contributed by atoms with Crippen LogP contribution in [0.1, 0.15) is 62.7 Å². The molecule has 5 heteroatoms. The standard InChI is InChI=1S/C18H28N2O3/c1-12(2)9-13-10-15(23-19-13)17(21)20-8-7-18(3)11-14(22-4)5-6-16(18)20/h10,12,14,16H,5-9,11H2,1-4H3/t14-,16-,18+/m1/s1. The SMILES string of the molecule is CO[C@@H]1CC[C@H]2N(C(=O)c3cc(CC(C)C)no3)CC[C@@]2(C)C1. The molecule has 1 aromatic heterocycles. The number of hydrogen-bond acceptors (Lipinski definition) is 4. The van der Waals surface area contributed by atoms with Crippen molar-refractivity contribution in [3.8, 4) is 0 Å². The number of methoxy groups -OCH3 is 1. The van der Waals surface area contributed by atoms with Crippen LogP contribution in [0.3, 0.4) is 0 Å². The maximum atomic E-state index is 12.9. The highest BCUT2D eigenvalue weighted by Gasteiger charge is 2.49. The molecule has 1 saturated heterocycles. The molecule has 1 aliphatic heterocycles. The molecule has 1 aromatic rings. The van der Waals surface area contributed by atoms with Crippen LogP contribution in [0.25, 0.3) is 0 Å². The summed E-state index contributed by atoms with van der Waals surface area (Å²) in [4.78, 5) is 14.9. The topological polar surface area (TPSA) is 55.6 Å². The molecule has 0 aromatic carbocycles.